The Morgan fingerprint density at radius 2 is 1.62 bits per heavy atom. The maximum Gasteiger partial charge on any atom is 0.109 e. The van der Waals surface area contributed by atoms with Gasteiger partial charge in [0.25, 0.3) is 0 Å². The van der Waals surface area contributed by atoms with Crippen LogP contribution in [-0.2, 0) is 0 Å². The van der Waals surface area contributed by atoms with E-state index in [1.165, 1.54) is 0 Å². The summed E-state index contributed by atoms with van der Waals surface area (Å²) in [6.07, 6.45) is 4.26. The van der Waals surface area contributed by atoms with Crippen molar-refractivity contribution in [3.8, 4) is 12.0 Å². The van der Waals surface area contributed by atoms with Crippen LogP contribution in [0, 0.1) is 12.0 Å². The third kappa shape index (κ3) is 4.19. The maximum atomic E-state index is 8.60. The summed E-state index contributed by atoms with van der Waals surface area (Å²) in [6, 6.07) is 0. The summed E-state index contributed by atoms with van der Waals surface area (Å²) in [5, 5.41) is 8.60. The van der Waals surface area contributed by atoms with E-state index in [-0.39, 0.29) is 5.54 Å². The van der Waals surface area contributed by atoms with E-state index in [0.29, 0.717) is 0 Å². The first-order valence-corrected chi connectivity index (χ1v) is 4.99. The fourth-order valence-corrected chi connectivity index (χ4v) is 1.43. The topological polar surface area (TPSA) is 23.5 Å². The van der Waals surface area contributed by atoms with Crippen LogP contribution in [0.1, 0.15) is 40.5 Å². The molecule has 2 nitrogen and oxygen atoms in total. The summed E-state index contributed by atoms with van der Waals surface area (Å²) < 4.78 is 0. The predicted molar refractivity (Wildman–Crippen MR) is 55.9 cm³/mol. The van der Waals surface area contributed by atoms with Crippen molar-refractivity contribution in [3.63, 3.8) is 0 Å². The average molecular weight is 183 g/mol. The number of nitrogens with zero attached hydrogens (tertiary/aromatic N) is 1. The molecule has 0 bridgehead atoms. The normalized spacial score (nSPS) is 11.2. The molecule has 0 spiro atoms. The van der Waals surface area contributed by atoms with Gasteiger partial charge in [0, 0.05) is 0 Å². The van der Waals surface area contributed by atoms with E-state index in [0.717, 1.165) is 25.9 Å². The lowest BCUT2D eigenvalue weighted by atomic mass is 10.0. The Balaban J connectivity index is 4.37. The smallest absolute Gasteiger partial charge is 0.109 e. The molecule has 0 saturated carbocycles. The van der Waals surface area contributed by atoms with Gasteiger partial charge in [-0.2, -0.15) is 0 Å². The fraction of sp³-hybridized carbons (Fsp3) is 0.818. The van der Waals surface area contributed by atoms with Crippen LogP contribution in [0.15, 0.2) is 0 Å². The molecular weight excluding hydrogens is 162 g/mol. The van der Waals surface area contributed by atoms with Crippen molar-refractivity contribution in [1.29, 1.82) is 0 Å². The van der Waals surface area contributed by atoms with E-state index in [1.54, 1.807) is 0 Å². The molecule has 76 valence electrons. The first-order valence-electron chi connectivity index (χ1n) is 4.99. The minimum Gasteiger partial charge on any atom is -0.462 e. The minimum absolute atomic E-state index is 0.208. The van der Waals surface area contributed by atoms with Crippen molar-refractivity contribution in [2.45, 2.75) is 46.1 Å². The van der Waals surface area contributed by atoms with E-state index < -0.39 is 0 Å². The Kier molecular flexibility index (Phi) is 5.57. The summed E-state index contributed by atoms with van der Waals surface area (Å²) in [7, 11) is 0. The lowest BCUT2D eigenvalue weighted by molar-refractivity contribution is 0.169. The first kappa shape index (κ1) is 12.3. The molecule has 0 amide bonds. The van der Waals surface area contributed by atoms with E-state index in [4.69, 9.17) is 5.11 Å². The van der Waals surface area contributed by atoms with Gasteiger partial charge in [-0.1, -0.05) is 13.8 Å². The van der Waals surface area contributed by atoms with E-state index in [2.05, 4.69) is 24.7 Å². The lowest BCUT2D eigenvalue weighted by Crippen LogP contribution is -2.43. The molecule has 0 atom stereocenters. The van der Waals surface area contributed by atoms with Crippen LogP contribution in [0.25, 0.3) is 0 Å². The largest absolute Gasteiger partial charge is 0.462 e. The molecule has 0 aromatic carbocycles. The standard InChI is InChI=1S/C11H21NO/c1-5-8-12(9-6-2)11(3,4)7-10-13/h13H,5-6,8-9H2,1-4H3. The zero-order valence-electron chi connectivity index (χ0n) is 9.22. The van der Waals surface area contributed by atoms with Crippen molar-refractivity contribution in [3.05, 3.63) is 0 Å². The summed E-state index contributed by atoms with van der Waals surface area (Å²) in [5.41, 5.74) is -0.208. The summed E-state index contributed by atoms with van der Waals surface area (Å²) >= 11 is 0. The molecule has 2 heteroatoms. The highest BCUT2D eigenvalue weighted by atomic mass is 16.2. The Morgan fingerprint density at radius 3 is 1.92 bits per heavy atom. The highest BCUT2D eigenvalue weighted by Crippen LogP contribution is 2.13. The van der Waals surface area contributed by atoms with Crippen LogP contribution in [0.5, 0.6) is 0 Å². The lowest BCUT2D eigenvalue weighted by Gasteiger charge is -2.33. The van der Waals surface area contributed by atoms with Gasteiger partial charge in [-0.25, -0.2) is 0 Å². The summed E-state index contributed by atoms with van der Waals surface area (Å²) in [6.45, 7) is 10.5. The second-order valence-corrected chi connectivity index (χ2v) is 3.78. The van der Waals surface area contributed by atoms with Crippen molar-refractivity contribution >= 4 is 0 Å². The Bertz CT molecular complexity index is 182. The molecule has 0 radical (unpaired) electrons. The number of aliphatic hydroxyl groups excluding tert-OH is 1. The predicted octanol–water partition coefficient (Wildman–Crippen LogP) is 2.22. The van der Waals surface area contributed by atoms with Gasteiger partial charge >= 0.3 is 0 Å². The Morgan fingerprint density at radius 1 is 1.15 bits per heavy atom. The van der Waals surface area contributed by atoms with Crippen LogP contribution in [-0.4, -0.2) is 28.6 Å². The summed E-state index contributed by atoms with van der Waals surface area (Å²) in [4.78, 5) is 2.30. The van der Waals surface area contributed by atoms with Gasteiger partial charge in [0.05, 0.1) is 5.54 Å². The first-order chi connectivity index (χ1) is 6.08. The molecule has 1 N–H and O–H groups in total. The number of hydrogen-bond acceptors (Lipinski definition) is 2. The third-order valence-corrected chi connectivity index (χ3v) is 2.14. The van der Waals surface area contributed by atoms with Crippen LogP contribution in [0.3, 0.4) is 0 Å². The van der Waals surface area contributed by atoms with E-state index >= 15 is 0 Å². The van der Waals surface area contributed by atoms with Crippen molar-refractivity contribution in [1.82, 2.24) is 4.90 Å². The molecule has 0 aliphatic carbocycles. The zero-order chi connectivity index (χ0) is 10.3. The molecule has 13 heavy (non-hydrogen) atoms. The average Bonchev–Trinajstić information content (AvgIpc) is 2.04. The van der Waals surface area contributed by atoms with E-state index in [9.17, 15) is 0 Å². The highest BCUT2D eigenvalue weighted by Gasteiger charge is 2.22. The number of hydrogen-bond donors (Lipinski definition) is 1. The van der Waals surface area contributed by atoms with Crippen LogP contribution >= 0.6 is 0 Å². The van der Waals surface area contributed by atoms with E-state index in [1.807, 2.05) is 20.0 Å². The van der Waals surface area contributed by atoms with Gasteiger partial charge in [-0.3, -0.25) is 4.90 Å². The molecule has 0 aromatic heterocycles. The van der Waals surface area contributed by atoms with Gasteiger partial charge in [0.1, 0.15) is 6.11 Å². The van der Waals surface area contributed by atoms with Crippen molar-refractivity contribution in [2.75, 3.05) is 13.1 Å². The molecule has 0 unspecified atom stereocenters. The quantitative estimate of drug-likeness (QED) is 0.661. The molecule has 0 aromatic rings. The van der Waals surface area contributed by atoms with Crippen molar-refractivity contribution < 1.29 is 5.11 Å². The third-order valence-electron chi connectivity index (χ3n) is 2.14. The van der Waals surface area contributed by atoms with Gasteiger partial charge < -0.3 is 5.11 Å². The molecule has 0 aliphatic rings. The monoisotopic (exact) mass is 183 g/mol. The van der Waals surface area contributed by atoms with Crippen LogP contribution in [0.2, 0.25) is 0 Å². The second-order valence-electron chi connectivity index (χ2n) is 3.78. The Labute approximate surface area is 81.9 Å². The number of aliphatic hydroxyl groups is 1. The second kappa shape index (κ2) is 5.88. The molecule has 0 saturated heterocycles. The van der Waals surface area contributed by atoms with Gasteiger partial charge in [-0.05, 0) is 45.7 Å². The maximum absolute atomic E-state index is 8.60. The van der Waals surface area contributed by atoms with Gasteiger partial charge in [-0.15, -0.1) is 0 Å². The molecule has 0 rings (SSSR count). The highest BCUT2D eigenvalue weighted by molar-refractivity contribution is 5.10. The SMILES string of the molecule is CCCN(CCC)C(C)(C)C#CO. The minimum atomic E-state index is -0.208. The number of rotatable bonds is 5. The van der Waals surface area contributed by atoms with Crippen molar-refractivity contribution in [2.24, 2.45) is 0 Å². The Hall–Kier alpha value is -0.680. The molecule has 0 fully saturated rings. The fourth-order valence-electron chi connectivity index (χ4n) is 1.43. The van der Waals surface area contributed by atoms with Crippen LogP contribution < -0.4 is 0 Å². The van der Waals surface area contributed by atoms with Crippen LogP contribution in [0.4, 0.5) is 0 Å². The molecular formula is C11H21NO. The molecule has 0 aliphatic heterocycles. The zero-order valence-corrected chi connectivity index (χ0v) is 9.22. The molecule has 0 heterocycles. The van der Waals surface area contributed by atoms with Gasteiger partial charge in [0.15, 0.2) is 0 Å². The summed E-state index contributed by atoms with van der Waals surface area (Å²) in [5.74, 6) is 2.82. The van der Waals surface area contributed by atoms with Gasteiger partial charge in [0.2, 0.25) is 0 Å².